The fraction of sp³-hybridized carbons (Fsp3) is 0.211. The fourth-order valence-corrected chi connectivity index (χ4v) is 2.39. The summed E-state index contributed by atoms with van der Waals surface area (Å²) in [6.07, 6.45) is 2.07. The van der Waals surface area contributed by atoms with Crippen LogP contribution in [0.3, 0.4) is 0 Å². The summed E-state index contributed by atoms with van der Waals surface area (Å²) in [6.45, 7) is -0.403. The molecule has 0 fully saturated rings. The minimum Gasteiger partial charge on any atom is -0.468 e. The molecule has 1 aromatic carbocycles. The molecule has 6 nitrogen and oxygen atoms in total. The Morgan fingerprint density at radius 3 is 2.46 bits per heavy atom. The molecular weight excluding hydrogens is 373 g/mol. The van der Waals surface area contributed by atoms with Crippen molar-refractivity contribution in [1.82, 2.24) is 19.9 Å². The second kappa shape index (κ2) is 8.55. The lowest BCUT2D eigenvalue weighted by atomic mass is 10.1. The normalized spacial score (nSPS) is 11.2. The van der Waals surface area contributed by atoms with Crippen LogP contribution in [-0.2, 0) is 13.1 Å². The van der Waals surface area contributed by atoms with E-state index >= 15 is 0 Å². The van der Waals surface area contributed by atoms with E-state index in [9.17, 15) is 18.0 Å². The van der Waals surface area contributed by atoms with Crippen molar-refractivity contribution in [2.45, 2.75) is 19.3 Å². The third-order valence-electron chi connectivity index (χ3n) is 3.78. The molecule has 0 aliphatic heterocycles. The van der Waals surface area contributed by atoms with Gasteiger partial charge in [-0.05, 0) is 17.2 Å². The van der Waals surface area contributed by atoms with Crippen molar-refractivity contribution in [2.24, 2.45) is 0 Å². The van der Waals surface area contributed by atoms with Gasteiger partial charge in [-0.1, -0.05) is 24.3 Å². The maximum Gasteiger partial charge on any atom is 0.422 e. The molecule has 0 saturated carbocycles. The highest BCUT2D eigenvalue weighted by atomic mass is 19.4. The predicted octanol–water partition coefficient (Wildman–Crippen LogP) is 3.20. The Bertz CT molecular complexity index is 892. The summed E-state index contributed by atoms with van der Waals surface area (Å²) in [5, 5.41) is 2.74. The highest BCUT2D eigenvalue weighted by Gasteiger charge is 2.28. The van der Waals surface area contributed by atoms with Gasteiger partial charge < -0.3 is 14.6 Å². The molecule has 0 aliphatic carbocycles. The highest BCUT2D eigenvalue weighted by molar-refractivity contribution is 5.93. The second-order valence-electron chi connectivity index (χ2n) is 6.02. The third-order valence-corrected chi connectivity index (χ3v) is 3.78. The summed E-state index contributed by atoms with van der Waals surface area (Å²) < 4.78 is 42.8. The number of nitrogens with one attached hydrogen (secondary N) is 1. The molecule has 0 aliphatic rings. The summed E-state index contributed by atoms with van der Waals surface area (Å²) in [5.74, 6) is -0.570. The zero-order valence-electron chi connectivity index (χ0n) is 14.7. The highest BCUT2D eigenvalue weighted by Crippen LogP contribution is 2.17. The first-order chi connectivity index (χ1) is 13.4. The van der Waals surface area contributed by atoms with Crippen LogP contribution in [0.25, 0.3) is 0 Å². The number of aromatic nitrogens is 3. The first kappa shape index (κ1) is 19.4. The standard InChI is InChI=1S/C19H17F3N4O2/c20-19(21,22)12-28-17-6-5-16(10-24-17)18(27)25-9-14-1-3-15(4-2-14)11-26-8-7-23-13-26/h1-8,10,13H,9,11-12H2,(H,25,27). The first-order valence-corrected chi connectivity index (χ1v) is 8.36. The molecule has 2 heterocycles. The van der Waals surface area contributed by atoms with Gasteiger partial charge in [0.25, 0.3) is 5.91 Å². The molecule has 1 amide bonds. The number of pyridine rings is 1. The van der Waals surface area contributed by atoms with Gasteiger partial charge in [-0.15, -0.1) is 0 Å². The van der Waals surface area contributed by atoms with Gasteiger partial charge in [0.1, 0.15) is 0 Å². The van der Waals surface area contributed by atoms with Crippen LogP contribution in [-0.4, -0.2) is 33.2 Å². The molecular formula is C19H17F3N4O2. The average Bonchev–Trinajstić information content (AvgIpc) is 3.18. The molecule has 3 aromatic rings. The Balaban J connectivity index is 1.49. The van der Waals surface area contributed by atoms with Crippen molar-refractivity contribution in [3.05, 3.63) is 78.0 Å². The van der Waals surface area contributed by atoms with Gasteiger partial charge in [0.05, 0.1) is 11.9 Å². The quantitative estimate of drug-likeness (QED) is 0.673. The molecule has 0 unspecified atom stereocenters. The molecule has 9 heteroatoms. The van der Waals surface area contributed by atoms with Crippen LogP contribution in [0.5, 0.6) is 5.88 Å². The van der Waals surface area contributed by atoms with Crippen LogP contribution in [0.2, 0.25) is 0 Å². The van der Waals surface area contributed by atoms with Gasteiger partial charge in [0.15, 0.2) is 6.61 Å². The van der Waals surface area contributed by atoms with E-state index in [1.54, 1.807) is 12.5 Å². The molecule has 0 saturated heterocycles. The van der Waals surface area contributed by atoms with Crippen molar-refractivity contribution < 1.29 is 22.7 Å². The van der Waals surface area contributed by atoms with Crippen LogP contribution >= 0.6 is 0 Å². The maximum atomic E-state index is 12.1. The van der Waals surface area contributed by atoms with Crippen molar-refractivity contribution in [1.29, 1.82) is 0 Å². The van der Waals surface area contributed by atoms with Crippen LogP contribution < -0.4 is 10.1 Å². The third kappa shape index (κ3) is 5.83. The van der Waals surface area contributed by atoms with Gasteiger partial charge in [-0.2, -0.15) is 13.2 Å². The van der Waals surface area contributed by atoms with Crippen molar-refractivity contribution in [3.8, 4) is 5.88 Å². The number of hydrogen-bond acceptors (Lipinski definition) is 4. The Hall–Kier alpha value is -3.36. The summed E-state index contributed by atoms with van der Waals surface area (Å²) >= 11 is 0. The van der Waals surface area contributed by atoms with E-state index < -0.39 is 12.8 Å². The fourth-order valence-electron chi connectivity index (χ4n) is 2.39. The number of ether oxygens (including phenoxy) is 1. The van der Waals surface area contributed by atoms with Gasteiger partial charge >= 0.3 is 6.18 Å². The topological polar surface area (TPSA) is 69.0 Å². The minimum absolute atomic E-state index is 0.192. The number of hydrogen-bond donors (Lipinski definition) is 1. The second-order valence-corrected chi connectivity index (χ2v) is 6.02. The van der Waals surface area contributed by atoms with Crippen molar-refractivity contribution in [3.63, 3.8) is 0 Å². The SMILES string of the molecule is O=C(NCc1ccc(Cn2ccnc2)cc1)c1ccc(OCC(F)(F)F)nc1. The van der Waals surface area contributed by atoms with Gasteiger partial charge in [-0.3, -0.25) is 4.79 Å². The summed E-state index contributed by atoms with van der Waals surface area (Å²) in [4.78, 5) is 19.8. The number of imidazole rings is 1. The first-order valence-electron chi connectivity index (χ1n) is 8.36. The number of halogens is 3. The zero-order valence-corrected chi connectivity index (χ0v) is 14.7. The smallest absolute Gasteiger partial charge is 0.422 e. The number of nitrogens with zero attached hydrogens (tertiary/aromatic N) is 3. The van der Waals surface area contributed by atoms with E-state index in [-0.39, 0.29) is 17.4 Å². The Kier molecular flexibility index (Phi) is 5.93. The lowest BCUT2D eigenvalue weighted by molar-refractivity contribution is -0.154. The summed E-state index contributed by atoms with van der Waals surface area (Å²) in [6, 6.07) is 10.4. The molecule has 146 valence electrons. The molecule has 3 rings (SSSR count). The number of alkyl halides is 3. The van der Waals surface area contributed by atoms with Crippen molar-refractivity contribution >= 4 is 5.91 Å². The Morgan fingerprint density at radius 1 is 1.11 bits per heavy atom. The van der Waals surface area contributed by atoms with Crippen molar-refractivity contribution in [2.75, 3.05) is 6.61 Å². The molecule has 1 N–H and O–H groups in total. The minimum atomic E-state index is -4.44. The molecule has 0 spiro atoms. The molecule has 2 aromatic heterocycles. The van der Waals surface area contributed by atoms with E-state index in [1.807, 2.05) is 35.0 Å². The number of rotatable bonds is 7. The number of benzene rings is 1. The van der Waals surface area contributed by atoms with Gasteiger partial charge in [0.2, 0.25) is 5.88 Å². The van der Waals surface area contributed by atoms with Gasteiger partial charge in [-0.25, -0.2) is 9.97 Å². The number of carbonyl (C=O) groups is 1. The Morgan fingerprint density at radius 2 is 1.86 bits per heavy atom. The largest absolute Gasteiger partial charge is 0.468 e. The van der Waals surface area contributed by atoms with E-state index in [1.165, 1.54) is 18.3 Å². The average molecular weight is 390 g/mol. The summed E-state index contributed by atoms with van der Waals surface area (Å²) in [7, 11) is 0. The zero-order chi connectivity index (χ0) is 20.0. The van der Waals surface area contributed by atoms with E-state index in [2.05, 4.69) is 20.0 Å². The van der Waals surface area contributed by atoms with Crippen LogP contribution in [0.15, 0.2) is 61.3 Å². The molecule has 0 radical (unpaired) electrons. The van der Waals surface area contributed by atoms with E-state index in [0.29, 0.717) is 13.1 Å². The maximum absolute atomic E-state index is 12.1. The summed E-state index contributed by atoms with van der Waals surface area (Å²) in [5.41, 5.74) is 2.25. The van der Waals surface area contributed by atoms with Crippen LogP contribution in [0.4, 0.5) is 13.2 Å². The van der Waals surface area contributed by atoms with E-state index in [4.69, 9.17) is 0 Å². The number of carbonyl (C=O) groups excluding carboxylic acids is 1. The lowest BCUT2D eigenvalue weighted by Crippen LogP contribution is -2.23. The van der Waals surface area contributed by atoms with Crippen LogP contribution in [0.1, 0.15) is 21.5 Å². The van der Waals surface area contributed by atoms with Gasteiger partial charge in [0, 0.05) is 37.7 Å². The lowest BCUT2D eigenvalue weighted by Gasteiger charge is -2.09. The Labute approximate surface area is 159 Å². The molecule has 0 atom stereocenters. The number of amides is 1. The van der Waals surface area contributed by atoms with E-state index in [0.717, 1.165) is 11.1 Å². The molecule has 28 heavy (non-hydrogen) atoms. The monoisotopic (exact) mass is 390 g/mol. The van der Waals surface area contributed by atoms with Crippen LogP contribution in [0, 0.1) is 0 Å². The molecule has 0 bridgehead atoms. The predicted molar refractivity (Wildman–Crippen MR) is 94.7 cm³/mol.